The molecule has 0 aliphatic carbocycles. The molecule has 6 heteroatoms. The van der Waals surface area contributed by atoms with Crippen molar-refractivity contribution in [1.82, 2.24) is 15.2 Å². The highest BCUT2D eigenvalue weighted by Crippen LogP contribution is 2.03. The molecule has 6 nitrogen and oxygen atoms in total. The molecular weight excluding hydrogens is 222 g/mol. The minimum atomic E-state index is -1.06. The summed E-state index contributed by atoms with van der Waals surface area (Å²) in [5, 5.41) is 11.6. The maximum atomic E-state index is 11.8. The Kier molecular flexibility index (Phi) is 4.59. The summed E-state index contributed by atoms with van der Waals surface area (Å²) in [6.45, 7) is 1.26. The molecule has 17 heavy (non-hydrogen) atoms. The first-order chi connectivity index (χ1) is 8.06. The lowest BCUT2D eigenvalue weighted by atomic mass is 10.2. The van der Waals surface area contributed by atoms with Crippen LogP contribution in [0.5, 0.6) is 0 Å². The Morgan fingerprint density at radius 3 is 2.65 bits per heavy atom. The third-order valence-electron chi connectivity index (χ3n) is 2.27. The van der Waals surface area contributed by atoms with Crippen LogP contribution in [-0.2, 0) is 0 Å². The van der Waals surface area contributed by atoms with Gasteiger partial charge in [-0.25, -0.2) is 4.79 Å². The number of likely N-dealkylation sites (N-methyl/N-ethyl adjacent to an activating group) is 2. The van der Waals surface area contributed by atoms with E-state index in [2.05, 4.69) is 10.3 Å². The lowest BCUT2D eigenvalue weighted by Gasteiger charge is -2.16. The van der Waals surface area contributed by atoms with E-state index in [0.717, 1.165) is 0 Å². The highest BCUT2D eigenvalue weighted by molar-refractivity contribution is 5.93. The number of pyridine rings is 1. The van der Waals surface area contributed by atoms with Gasteiger partial charge in [-0.1, -0.05) is 0 Å². The summed E-state index contributed by atoms with van der Waals surface area (Å²) in [6.07, 6.45) is 1.18. The first kappa shape index (κ1) is 13.1. The van der Waals surface area contributed by atoms with Crippen LogP contribution in [0.15, 0.2) is 18.3 Å². The molecule has 0 aliphatic rings. The Labute approximate surface area is 99.3 Å². The molecule has 1 rings (SSSR count). The van der Waals surface area contributed by atoms with Gasteiger partial charge in [-0.2, -0.15) is 0 Å². The highest BCUT2D eigenvalue weighted by atomic mass is 16.4. The van der Waals surface area contributed by atoms with Gasteiger partial charge in [0.15, 0.2) is 0 Å². The average Bonchev–Trinajstić information content (AvgIpc) is 2.35. The van der Waals surface area contributed by atoms with Gasteiger partial charge in [-0.05, 0) is 19.2 Å². The predicted molar refractivity (Wildman–Crippen MR) is 62.1 cm³/mol. The molecule has 0 fully saturated rings. The Hall–Kier alpha value is -1.95. The highest BCUT2D eigenvalue weighted by Gasteiger charge is 2.13. The fourth-order valence-electron chi connectivity index (χ4n) is 1.22. The summed E-state index contributed by atoms with van der Waals surface area (Å²) in [5.41, 5.74) is 0.313. The number of amides is 1. The normalized spacial score (nSPS) is 10.0. The maximum absolute atomic E-state index is 11.8. The molecule has 1 aromatic heterocycles. The van der Waals surface area contributed by atoms with Crippen molar-refractivity contribution in [3.05, 3.63) is 29.6 Å². The number of aromatic carboxylic acids is 1. The summed E-state index contributed by atoms with van der Waals surface area (Å²) in [6, 6.07) is 2.79. The number of nitrogens with one attached hydrogen (secondary N) is 1. The first-order valence-corrected chi connectivity index (χ1v) is 5.15. The third-order valence-corrected chi connectivity index (χ3v) is 2.27. The molecule has 1 amide bonds. The fraction of sp³-hybridized carbons (Fsp3) is 0.364. The van der Waals surface area contributed by atoms with Crippen molar-refractivity contribution in [3.63, 3.8) is 0 Å². The number of carbonyl (C=O) groups excluding carboxylic acids is 1. The molecule has 0 spiro atoms. The minimum Gasteiger partial charge on any atom is -0.478 e. The smallest absolute Gasteiger partial charge is 0.337 e. The van der Waals surface area contributed by atoms with E-state index in [1.807, 2.05) is 0 Å². The Balaban J connectivity index is 2.72. The number of carbonyl (C=O) groups is 2. The van der Waals surface area contributed by atoms with E-state index in [-0.39, 0.29) is 17.2 Å². The van der Waals surface area contributed by atoms with Gasteiger partial charge in [-0.15, -0.1) is 0 Å². The van der Waals surface area contributed by atoms with Gasteiger partial charge in [0.2, 0.25) is 0 Å². The van der Waals surface area contributed by atoms with Crippen molar-refractivity contribution in [1.29, 1.82) is 0 Å². The van der Waals surface area contributed by atoms with Gasteiger partial charge in [0.25, 0.3) is 5.91 Å². The molecule has 0 radical (unpaired) electrons. The molecule has 2 N–H and O–H groups in total. The number of carboxylic acid groups (broad SMARTS) is 1. The molecule has 0 aliphatic heterocycles. The molecule has 0 aromatic carbocycles. The molecule has 1 aromatic rings. The van der Waals surface area contributed by atoms with Crippen molar-refractivity contribution in [2.75, 3.05) is 27.2 Å². The Morgan fingerprint density at radius 1 is 1.47 bits per heavy atom. The topological polar surface area (TPSA) is 82.5 Å². The van der Waals surface area contributed by atoms with Crippen LogP contribution in [0.2, 0.25) is 0 Å². The summed E-state index contributed by atoms with van der Waals surface area (Å²) < 4.78 is 0. The van der Waals surface area contributed by atoms with Crippen LogP contribution < -0.4 is 5.32 Å². The van der Waals surface area contributed by atoms with Crippen LogP contribution in [-0.4, -0.2) is 54.1 Å². The maximum Gasteiger partial charge on any atom is 0.337 e. The third kappa shape index (κ3) is 3.53. The summed E-state index contributed by atoms with van der Waals surface area (Å²) in [4.78, 5) is 27.8. The number of rotatable bonds is 5. The van der Waals surface area contributed by atoms with E-state index in [4.69, 9.17) is 5.11 Å². The van der Waals surface area contributed by atoms with Gasteiger partial charge in [0, 0.05) is 26.3 Å². The largest absolute Gasteiger partial charge is 0.478 e. The SMILES string of the molecule is CNCCN(C)C(=O)c1ccc(C(=O)O)cn1. The van der Waals surface area contributed by atoms with Crippen molar-refractivity contribution >= 4 is 11.9 Å². The molecular formula is C11H15N3O3. The van der Waals surface area contributed by atoms with Gasteiger partial charge < -0.3 is 15.3 Å². The Morgan fingerprint density at radius 2 is 2.18 bits per heavy atom. The average molecular weight is 237 g/mol. The van der Waals surface area contributed by atoms with Crippen LogP contribution in [0.3, 0.4) is 0 Å². The van der Waals surface area contributed by atoms with Crippen molar-refractivity contribution in [3.8, 4) is 0 Å². The number of nitrogens with zero attached hydrogens (tertiary/aromatic N) is 2. The molecule has 0 bridgehead atoms. The quantitative estimate of drug-likeness (QED) is 0.757. The summed E-state index contributed by atoms with van der Waals surface area (Å²) in [7, 11) is 3.48. The predicted octanol–water partition coefficient (Wildman–Crippen LogP) is 0.0712. The van der Waals surface area contributed by atoms with Gasteiger partial charge in [-0.3, -0.25) is 9.78 Å². The van der Waals surface area contributed by atoms with Crippen molar-refractivity contribution < 1.29 is 14.7 Å². The minimum absolute atomic E-state index is 0.0689. The van der Waals surface area contributed by atoms with Crippen molar-refractivity contribution in [2.24, 2.45) is 0 Å². The van der Waals surface area contributed by atoms with Crippen LogP contribution in [0.4, 0.5) is 0 Å². The van der Waals surface area contributed by atoms with Gasteiger partial charge in [0.05, 0.1) is 5.56 Å². The van der Waals surface area contributed by atoms with Crippen LogP contribution in [0.1, 0.15) is 20.8 Å². The lowest BCUT2D eigenvalue weighted by molar-refractivity contribution is 0.0694. The molecule has 0 atom stereocenters. The Bertz CT molecular complexity index is 403. The molecule has 1 heterocycles. The second-order valence-electron chi connectivity index (χ2n) is 3.57. The van der Waals surface area contributed by atoms with Crippen molar-refractivity contribution in [2.45, 2.75) is 0 Å². The van der Waals surface area contributed by atoms with Gasteiger partial charge >= 0.3 is 5.97 Å². The van der Waals surface area contributed by atoms with E-state index in [1.54, 1.807) is 14.1 Å². The standard InChI is InChI=1S/C11H15N3O3/c1-12-5-6-14(2)10(15)9-4-3-8(7-13-9)11(16)17/h3-4,7,12H,5-6H2,1-2H3,(H,16,17). The number of hydrogen-bond donors (Lipinski definition) is 2. The molecule has 0 saturated heterocycles. The van der Waals surface area contributed by atoms with E-state index < -0.39 is 5.97 Å². The number of aromatic nitrogens is 1. The molecule has 92 valence electrons. The van der Waals surface area contributed by atoms with E-state index in [0.29, 0.717) is 13.1 Å². The monoisotopic (exact) mass is 237 g/mol. The zero-order valence-electron chi connectivity index (χ0n) is 9.80. The first-order valence-electron chi connectivity index (χ1n) is 5.15. The van der Waals surface area contributed by atoms with Crippen LogP contribution in [0.25, 0.3) is 0 Å². The second-order valence-corrected chi connectivity index (χ2v) is 3.57. The number of hydrogen-bond acceptors (Lipinski definition) is 4. The second kappa shape index (κ2) is 5.95. The zero-order chi connectivity index (χ0) is 12.8. The molecule has 0 saturated carbocycles. The summed E-state index contributed by atoms with van der Waals surface area (Å²) in [5.74, 6) is -1.28. The van der Waals surface area contributed by atoms with E-state index in [1.165, 1.54) is 23.2 Å². The van der Waals surface area contributed by atoms with Crippen LogP contribution in [0, 0.1) is 0 Å². The number of carboxylic acids is 1. The van der Waals surface area contributed by atoms with Gasteiger partial charge in [0.1, 0.15) is 5.69 Å². The zero-order valence-corrected chi connectivity index (χ0v) is 9.80. The lowest BCUT2D eigenvalue weighted by Crippen LogP contribution is -2.33. The van der Waals surface area contributed by atoms with Crippen LogP contribution >= 0.6 is 0 Å². The fourth-order valence-corrected chi connectivity index (χ4v) is 1.22. The molecule has 0 unspecified atom stereocenters. The van der Waals surface area contributed by atoms with E-state index in [9.17, 15) is 9.59 Å². The summed E-state index contributed by atoms with van der Waals surface area (Å²) >= 11 is 0. The van der Waals surface area contributed by atoms with E-state index >= 15 is 0 Å².